The van der Waals surface area contributed by atoms with Crippen LogP contribution in [-0.4, -0.2) is 40.6 Å². The summed E-state index contributed by atoms with van der Waals surface area (Å²) >= 11 is 1.46. The Balaban J connectivity index is 1.62. The SMILES string of the molecule is CC(C)(C)OC(=O)N1CCCC(C(=O)Nc2nc3ccccc3s2)C1. The van der Waals surface area contributed by atoms with Crippen molar-refractivity contribution in [2.24, 2.45) is 5.92 Å². The third kappa shape index (κ3) is 4.48. The van der Waals surface area contributed by atoms with Gasteiger partial charge >= 0.3 is 6.09 Å². The summed E-state index contributed by atoms with van der Waals surface area (Å²) in [5.74, 6) is -0.333. The molecule has 2 heterocycles. The third-order valence-corrected chi connectivity index (χ3v) is 4.92. The molecule has 1 N–H and O–H groups in total. The second-order valence-electron chi connectivity index (χ2n) is 7.24. The third-order valence-electron chi connectivity index (χ3n) is 3.97. The molecule has 1 aromatic heterocycles. The Morgan fingerprint density at radius 1 is 1.32 bits per heavy atom. The number of carbonyl (C=O) groups excluding carboxylic acids is 2. The fourth-order valence-corrected chi connectivity index (χ4v) is 3.69. The van der Waals surface area contributed by atoms with E-state index in [4.69, 9.17) is 4.74 Å². The van der Waals surface area contributed by atoms with E-state index in [1.165, 1.54) is 11.3 Å². The average Bonchev–Trinajstić information content (AvgIpc) is 2.95. The van der Waals surface area contributed by atoms with E-state index in [2.05, 4.69) is 10.3 Å². The molecule has 1 atom stereocenters. The number of thiazole rings is 1. The van der Waals surface area contributed by atoms with Crippen LogP contribution < -0.4 is 5.32 Å². The predicted octanol–water partition coefficient (Wildman–Crippen LogP) is 3.88. The maximum atomic E-state index is 12.6. The maximum absolute atomic E-state index is 12.6. The van der Waals surface area contributed by atoms with Crippen molar-refractivity contribution in [2.75, 3.05) is 18.4 Å². The number of carbonyl (C=O) groups is 2. The van der Waals surface area contributed by atoms with Gasteiger partial charge in [0.15, 0.2) is 5.13 Å². The first-order valence-electron chi connectivity index (χ1n) is 8.46. The highest BCUT2D eigenvalue weighted by Crippen LogP contribution is 2.27. The summed E-state index contributed by atoms with van der Waals surface area (Å²) in [6, 6.07) is 7.78. The molecule has 0 saturated carbocycles. The first-order valence-corrected chi connectivity index (χ1v) is 9.28. The van der Waals surface area contributed by atoms with Crippen molar-refractivity contribution in [2.45, 2.75) is 39.2 Å². The Morgan fingerprint density at radius 3 is 2.80 bits per heavy atom. The normalized spacial score (nSPS) is 18.2. The number of likely N-dealkylation sites (tertiary alicyclic amines) is 1. The van der Waals surface area contributed by atoms with Crippen molar-refractivity contribution >= 4 is 38.7 Å². The number of benzene rings is 1. The highest BCUT2D eigenvalue weighted by atomic mass is 32.1. The highest BCUT2D eigenvalue weighted by molar-refractivity contribution is 7.22. The van der Waals surface area contributed by atoms with Crippen molar-refractivity contribution in [3.63, 3.8) is 0 Å². The van der Waals surface area contributed by atoms with Crippen LogP contribution in [0, 0.1) is 5.92 Å². The summed E-state index contributed by atoms with van der Waals surface area (Å²) in [4.78, 5) is 30.8. The number of nitrogens with zero attached hydrogens (tertiary/aromatic N) is 2. The molecule has 6 nitrogen and oxygen atoms in total. The molecule has 3 rings (SSSR count). The largest absolute Gasteiger partial charge is 0.444 e. The quantitative estimate of drug-likeness (QED) is 0.881. The molecule has 1 saturated heterocycles. The Morgan fingerprint density at radius 2 is 2.08 bits per heavy atom. The summed E-state index contributed by atoms with van der Waals surface area (Å²) in [5.41, 5.74) is 0.342. The van der Waals surface area contributed by atoms with Crippen LogP contribution in [0.4, 0.5) is 9.93 Å². The van der Waals surface area contributed by atoms with Crippen molar-refractivity contribution in [1.82, 2.24) is 9.88 Å². The van der Waals surface area contributed by atoms with Gasteiger partial charge in [-0.2, -0.15) is 0 Å². The average molecular weight is 361 g/mol. The first kappa shape index (κ1) is 17.7. The van der Waals surface area contributed by atoms with Crippen LogP contribution in [0.2, 0.25) is 0 Å². The number of piperidine rings is 1. The summed E-state index contributed by atoms with van der Waals surface area (Å²) in [6.07, 6.45) is 1.19. The lowest BCUT2D eigenvalue weighted by molar-refractivity contribution is -0.121. The van der Waals surface area contributed by atoms with Gasteiger partial charge in [-0.25, -0.2) is 9.78 Å². The molecule has 1 unspecified atom stereocenters. The summed E-state index contributed by atoms with van der Waals surface area (Å²) in [5, 5.41) is 3.50. The number of hydrogen-bond acceptors (Lipinski definition) is 5. The zero-order valence-corrected chi connectivity index (χ0v) is 15.6. The lowest BCUT2D eigenvalue weighted by Crippen LogP contribution is -2.45. The lowest BCUT2D eigenvalue weighted by atomic mass is 9.97. The molecule has 0 bridgehead atoms. The number of nitrogens with one attached hydrogen (secondary N) is 1. The number of amides is 2. The van der Waals surface area contributed by atoms with Crippen LogP contribution in [0.1, 0.15) is 33.6 Å². The van der Waals surface area contributed by atoms with Crippen LogP contribution >= 0.6 is 11.3 Å². The van der Waals surface area contributed by atoms with Gasteiger partial charge in [-0.1, -0.05) is 23.5 Å². The van der Waals surface area contributed by atoms with Crippen molar-refractivity contribution in [1.29, 1.82) is 0 Å². The summed E-state index contributed by atoms with van der Waals surface area (Å²) < 4.78 is 6.45. The molecule has 1 aromatic carbocycles. The molecule has 1 aliphatic heterocycles. The van der Waals surface area contributed by atoms with E-state index in [0.717, 1.165) is 23.1 Å². The number of rotatable bonds is 2. The number of para-hydroxylation sites is 1. The second kappa shape index (κ2) is 7.00. The van der Waals surface area contributed by atoms with E-state index in [1.54, 1.807) is 4.90 Å². The van der Waals surface area contributed by atoms with Crippen LogP contribution in [0.3, 0.4) is 0 Å². The Bertz CT molecular complexity index is 748. The van der Waals surface area contributed by atoms with Crippen molar-refractivity contribution < 1.29 is 14.3 Å². The Kier molecular flexibility index (Phi) is 4.94. The highest BCUT2D eigenvalue weighted by Gasteiger charge is 2.31. The molecule has 2 amide bonds. The number of ether oxygens (including phenoxy) is 1. The van der Waals surface area contributed by atoms with Crippen LogP contribution in [0.5, 0.6) is 0 Å². The zero-order chi connectivity index (χ0) is 18.0. The molecule has 1 fully saturated rings. The van der Waals surface area contributed by atoms with E-state index in [9.17, 15) is 9.59 Å². The van der Waals surface area contributed by atoms with Crippen LogP contribution in [0.15, 0.2) is 24.3 Å². The minimum atomic E-state index is -0.534. The van der Waals surface area contributed by atoms with Gasteiger partial charge in [0.25, 0.3) is 0 Å². The van der Waals surface area contributed by atoms with E-state index >= 15 is 0 Å². The Hall–Kier alpha value is -2.15. The van der Waals surface area contributed by atoms with E-state index < -0.39 is 5.60 Å². The minimum absolute atomic E-state index is 0.0904. The lowest BCUT2D eigenvalue weighted by Gasteiger charge is -2.33. The van der Waals surface area contributed by atoms with Gasteiger partial charge in [-0.3, -0.25) is 4.79 Å². The van der Waals surface area contributed by atoms with Gasteiger partial charge in [-0.05, 0) is 45.7 Å². The van der Waals surface area contributed by atoms with Crippen molar-refractivity contribution in [3.8, 4) is 0 Å². The van der Waals surface area contributed by atoms with E-state index in [1.807, 2.05) is 45.0 Å². The standard InChI is InChI=1S/C18H23N3O3S/c1-18(2,3)24-17(23)21-10-6-7-12(11-21)15(22)20-16-19-13-8-4-5-9-14(13)25-16/h4-5,8-9,12H,6-7,10-11H2,1-3H3,(H,19,20,22). The second-order valence-corrected chi connectivity index (χ2v) is 8.27. The molecular weight excluding hydrogens is 338 g/mol. The van der Waals surface area contributed by atoms with Gasteiger partial charge in [-0.15, -0.1) is 0 Å². The monoisotopic (exact) mass is 361 g/mol. The molecule has 0 aliphatic carbocycles. The van der Waals surface area contributed by atoms with Gasteiger partial charge < -0.3 is 15.0 Å². The number of hydrogen-bond donors (Lipinski definition) is 1. The first-order chi connectivity index (χ1) is 11.8. The van der Waals surface area contributed by atoms with Gasteiger partial charge in [0.2, 0.25) is 5.91 Å². The number of fused-ring (bicyclic) bond motifs is 1. The fraction of sp³-hybridized carbons (Fsp3) is 0.500. The predicted molar refractivity (Wildman–Crippen MR) is 98.8 cm³/mol. The zero-order valence-electron chi connectivity index (χ0n) is 14.7. The fourth-order valence-electron chi connectivity index (χ4n) is 2.82. The molecule has 7 heteroatoms. The molecule has 1 aliphatic rings. The smallest absolute Gasteiger partial charge is 0.410 e. The molecule has 134 valence electrons. The number of aromatic nitrogens is 1. The van der Waals surface area contributed by atoms with Crippen LogP contribution in [0.25, 0.3) is 10.2 Å². The summed E-state index contributed by atoms with van der Waals surface area (Å²) in [7, 11) is 0. The number of anilines is 1. The van der Waals surface area contributed by atoms with Gasteiger partial charge in [0.05, 0.1) is 16.1 Å². The topological polar surface area (TPSA) is 71.5 Å². The molecule has 2 aromatic rings. The van der Waals surface area contributed by atoms with Crippen LogP contribution in [-0.2, 0) is 9.53 Å². The molecule has 0 radical (unpaired) electrons. The van der Waals surface area contributed by atoms with Gasteiger partial charge in [0, 0.05) is 13.1 Å². The molecular formula is C18H23N3O3S. The minimum Gasteiger partial charge on any atom is -0.444 e. The van der Waals surface area contributed by atoms with E-state index in [0.29, 0.717) is 18.2 Å². The molecule has 25 heavy (non-hydrogen) atoms. The van der Waals surface area contributed by atoms with E-state index in [-0.39, 0.29) is 17.9 Å². The van der Waals surface area contributed by atoms with Gasteiger partial charge in [0.1, 0.15) is 5.60 Å². The molecule has 0 spiro atoms. The Labute approximate surface area is 151 Å². The maximum Gasteiger partial charge on any atom is 0.410 e. The van der Waals surface area contributed by atoms with Crippen molar-refractivity contribution in [3.05, 3.63) is 24.3 Å². The summed E-state index contributed by atoms with van der Waals surface area (Å²) in [6.45, 7) is 6.52.